The highest BCUT2D eigenvalue weighted by molar-refractivity contribution is 15.0. The molecule has 5 nitrogen and oxygen atoms in total. The van der Waals surface area contributed by atoms with Gasteiger partial charge in [0.2, 0.25) is 5.91 Å². The van der Waals surface area contributed by atoms with Gasteiger partial charge in [0.1, 0.15) is 6.04 Å². The van der Waals surface area contributed by atoms with Crippen molar-refractivity contribution < 1.29 is 19.4 Å². The van der Waals surface area contributed by atoms with E-state index < -0.39 is 17.9 Å². The van der Waals surface area contributed by atoms with Gasteiger partial charge in [0.15, 0.2) is 0 Å². The smallest absolute Gasteiger partial charge is 0.328 e. The van der Waals surface area contributed by atoms with Crippen molar-refractivity contribution in [1.82, 2.24) is 5.32 Å². The van der Waals surface area contributed by atoms with E-state index in [4.69, 9.17) is 0 Å². The number of nitrogens with one attached hydrogen (secondary N) is 1. The zero-order valence-electron chi connectivity index (χ0n) is 11.9. The summed E-state index contributed by atoms with van der Waals surface area (Å²) in [6, 6.07) is 8.69. The predicted octanol–water partition coefficient (Wildman–Crippen LogP) is 2.29. The molecule has 0 aliphatic carbocycles. The molecule has 0 heterocycles. The molecule has 0 spiro atoms. The molecule has 1 amide bonds. The van der Waals surface area contributed by atoms with E-state index >= 15 is 0 Å². The molecule has 0 fully saturated rings. The number of aliphatic hydroxyl groups is 1. The third-order valence-corrected chi connectivity index (χ3v) is 2.83. The molecule has 1 rings (SSSR count). The van der Waals surface area contributed by atoms with Crippen molar-refractivity contribution in [2.24, 2.45) is 5.92 Å². The van der Waals surface area contributed by atoms with Crippen LogP contribution in [0.25, 0.3) is 0 Å². The van der Waals surface area contributed by atoms with Gasteiger partial charge in [-0.2, -0.15) is 0 Å². The van der Waals surface area contributed by atoms with Crippen LogP contribution >= 0.6 is 37.2 Å². The normalized spacial score (nSPS) is 12.4. The maximum atomic E-state index is 11.9. The van der Waals surface area contributed by atoms with Crippen LogP contribution in [0.1, 0.15) is 12.5 Å². The lowest BCUT2D eigenvalue weighted by Crippen LogP contribution is -2.43. The molecule has 21 heavy (non-hydrogen) atoms. The minimum absolute atomic E-state index is 0.269. The van der Waals surface area contributed by atoms with Crippen molar-refractivity contribution in [1.29, 1.82) is 0 Å². The number of methoxy groups -OCH3 is 1. The first-order valence-electron chi connectivity index (χ1n) is 6.25. The van der Waals surface area contributed by atoms with E-state index in [9.17, 15) is 14.7 Å². The Labute approximate surface area is 148 Å². The number of carbonyl (C=O) groups is 2. The van der Waals surface area contributed by atoms with Gasteiger partial charge in [-0.1, -0.05) is 30.3 Å². The fraction of sp³-hybridized carbons (Fsp3) is 0.429. The van der Waals surface area contributed by atoms with Gasteiger partial charge in [0.25, 0.3) is 0 Å². The average Bonchev–Trinajstić information content (AvgIpc) is 2.54. The molecule has 0 radical (unpaired) electrons. The van der Waals surface area contributed by atoms with Crippen LogP contribution in [0.2, 0.25) is 0 Å². The van der Waals surface area contributed by atoms with E-state index in [2.05, 4.69) is 47.3 Å². The number of halogens is 2. The van der Waals surface area contributed by atoms with E-state index in [1.54, 1.807) is 6.92 Å². The maximum Gasteiger partial charge on any atom is 0.328 e. The highest BCUT2D eigenvalue weighted by Crippen LogP contribution is 2.09. The van der Waals surface area contributed by atoms with Gasteiger partial charge in [0.05, 0.1) is 19.6 Å². The molecule has 2 N–H and O–H groups in total. The Morgan fingerprint density at radius 3 is 2.33 bits per heavy atom. The lowest BCUT2D eigenvalue weighted by atomic mass is 9.99. The zero-order valence-corrected chi connectivity index (χ0v) is 16.2. The molecule has 0 saturated carbocycles. The Kier molecular flexibility index (Phi) is 11.9. The molecule has 0 bridgehead atoms. The van der Waals surface area contributed by atoms with Crippen molar-refractivity contribution in [2.45, 2.75) is 19.4 Å². The van der Waals surface area contributed by atoms with Crippen LogP contribution in [0.4, 0.5) is 0 Å². The average molecular weight is 519 g/mol. The van der Waals surface area contributed by atoms with Crippen LogP contribution in [-0.4, -0.2) is 36.7 Å². The Balaban J connectivity index is 0.00000191. The minimum Gasteiger partial charge on any atom is -0.467 e. The highest BCUT2D eigenvalue weighted by atomic mass is 128. The van der Waals surface area contributed by atoms with Crippen LogP contribution in [0.3, 0.4) is 0 Å². The van der Waals surface area contributed by atoms with Gasteiger partial charge in [-0.25, -0.2) is 4.79 Å². The molecule has 7 heteroatoms. The number of aliphatic hydroxyl groups excluding tert-OH is 1. The first kappa shape index (κ1) is 20.6. The third-order valence-electron chi connectivity index (χ3n) is 2.83. The van der Waals surface area contributed by atoms with Gasteiger partial charge in [-0.3, -0.25) is 4.79 Å². The first-order valence-corrected chi connectivity index (χ1v) is 12.5. The van der Waals surface area contributed by atoms with E-state index in [0.29, 0.717) is 6.42 Å². The minimum atomic E-state index is -0.720. The highest BCUT2D eigenvalue weighted by Gasteiger charge is 2.22. The van der Waals surface area contributed by atoms with Crippen molar-refractivity contribution in [3.05, 3.63) is 35.9 Å². The zero-order chi connectivity index (χ0) is 16.3. The van der Waals surface area contributed by atoms with Gasteiger partial charge >= 0.3 is 5.97 Å². The van der Waals surface area contributed by atoms with Gasteiger partial charge in [-0.15, -0.1) is 0 Å². The number of ether oxygens (including phenoxy) is 1. The number of esters is 1. The Morgan fingerprint density at radius 2 is 1.86 bits per heavy atom. The third kappa shape index (κ3) is 7.96. The molecule has 2 unspecified atom stereocenters. The molecule has 0 aliphatic heterocycles. The lowest BCUT2D eigenvalue weighted by molar-refractivity contribution is -0.145. The second-order valence-electron chi connectivity index (χ2n) is 4.32. The van der Waals surface area contributed by atoms with E-state index in [0.717, 1.165) is 5.56 Å². The molecule has 0 aliphatic rings. The van der Waals surface area contributed by atoms with E-state index in [1.165, 1.54) is 7.11 Å². The Hall–Kier alpha value is -0.420. The standard InChI is InChI=1S/C14H19NO4.I2/c1-10(14(18)19-2)15-13(17)12(9-16)8-11-6-4-3-5-7-11;1-2/h3-7,10,12,16H,8-9H2,1-2H3,(H,15,17);. The number of hydrogen-bond acceptors (Lipinski definition) is 4. The maximum absolute atomic E-state index is 11.9. The van der Waals surface area contributed by atoms with Crippen molar-refractivity contribution in [3.8, 4) is 0 Å². The largest absolute Gasteiger partial charge is 0.467 e. The number of rotatable bonds is 6. The van der Waals surface area contributed by atoms with Crippen LogP contribution < -0.4 is 5.32 Å². The number of carbonyl (C=O) groups excluding carboxylic acids is 2. The van der Waals surface area contributed by atoms with E-state index in [1.807, 2.05) is 30.3 Å². The van der Waals surface area contributed by atoms with Crippen molar-refractivity contribution >= 4 is 49.1 Å². The number of hydrogen-bond donors (Lipinski definition) is 2. The number of benzene rings is 1. The molecule has 1 aromatic rings. The van der Waals surface area contributed by atoms with E-state index in [-0.39, 0.29) is 12.5 Å². The summed E-state index contributed by atoms with van der Waals surface area (Å²) in [4.78, 5) is 23.1. The summed E-state index contributed by atoms with van der Waals surface area (Å²) < 4.78 is 4.53. The molecular weight excluding hydrogens is 500 g/mol. The van der Waals surface area contributed by atoms with Gasteiger partial charge in [0, 0.05) is 37.2 Å². The SMILES string of the molecule is COC(=O)C(C)NC(=O)C(CO)Cc1ccccc1.II. The Morgan fingerprint density at radius 1 is 1.29 bits per heavy atom. The van der Waals surface area contributed by atoms with Gasteiger partial charge < -0.3 is 15.2 Å². The Bertz CT molecular complexity index is 428. The fourth-order valence-corrected chi connectivity index (χ4v) is 1.71. The molecule has 0 saturated heterocycles. The first-order chi connectivity index (χ1) is 10.1. The van der Waals surface area contributed by atoms with Crippen LogP contribution in [0.5, 0.6) is 0 Å². The monoisotopic (exact) mass is 519 g/mol. The topological polar surface area (TPSA) is 75.6 Å². The van der Waals surface area contributed by atoms with Crippen molar-refractivity contribution in [3.63, 3.8) is 0 Å². The molecule has 1 aromatic carbocycles. The molecule has 2 atom stereocenters. The second-order valence-corrected chi connectivity index (χ2v) is 4.32. The predicted molar refractivity (Wildman–Crippen MR) is 98.4 cm³/mol. The molecular formula is C14H19I2NO4. The van der Waals surface area contributed by atoms with Crippen LogP contribution in [-0.2, 0) is 20.7 Å². The summed E-state index contributed by atoms with van der Waals surface area (Å²) in [5, 5.41) is 11.8. The summed E-state index contributed by atoms with van der Waals surface area (Å²) in [6.07, 6.45) is 0.428. The number of amides is 1. The van der Waals surface area contributed by atoms with Crippen molar-refractivity contribution in [2.75, 3.05) is 13.7 Å². The van der Waals surface area contributed by atoms with Crippen LogP contribution in [0, 0.1) is 5.92 Å². The van der Waals surface area contributed by atoms with Gasteiger partial charge in [-0.05, 0) is 18.9 Å². The molecule has 118 valence electrons. The molecule has 0 aromatic heterocycles. The summed E-state index contributed by atoms with van der Waals surface area (Å²) in [7, 11) is 1.26. The quantitative estimate of drug-likeness (QED) is 0.447. The summed E-state index contributed by atoms with van der Waals surface area (Å²) >= 11 is 4.24. The summed E-state index contributed by atoms with van der Waals surface area (Å²) in [5.74, 6) is -1.44. The lowest BCUT2D eigenvalue weighted by Gasteiger charge is -2.17. The fourth-order valence-electron chi connectivity index (χ4n) is 1.71. The second kappa shape index (κ2) is 12.2. The van der Waals surface area contributed by atoms with Crippen LogP contribution in [0.15, 0.2) is 30.3 Å². The summed E-state index contributed by atoms with van der Waals surface area (Å²) in [6.45, 7) is 1.27. The summed E-state index contributed by atoms with van der Waals surface area (Å²) in [5.41, 5.74) is 0.961.